The van der Waals surface area contributed by atoms with Gasteiger partial charge >= 0.3 is 0 Å². The molecule has 0 radical (unpaired) electrons. The highest BCUT2D eigenvalue weighted by Gasteiger charge is 2.17. The first kappa shape index (κ1) is 9.50. The molecule has 2 nitrogen and oxygen atoms in total. The van der Waals surface area contributed by atoms with Crippen molar-refractivity contribution >= 4 is 5.57 Å². The number of rotatable bonds is 3. The largest absolute Gasteiger partial charge is 0.269 e. The molecule has 76 valence electrons. The molecule has 1 aromatic heterocycles. The summed E-state index contributed by atoms with van der Waals surface area (Å²) in [5.41, 5.74) is 2.40. The first-order chi connectivity index (χ1) is 6.81. The predicted molar refractivity (Wildman–Crippen MR) is 59.1 cm³/mol. The van der Waals surface area contributed by atoms with Crippen molar-refractivity contribution in [3.05, 3.63) is 24.5 Å². The monoisotopic (exact) mass is 190 g/mol. The van der Waals surface area contributed by atoms with Gasteiger partial charge in [0.05, 0.1) is 12.2 Å². The Hall–Kier alpha value is -1.05. The molecular formula is C12H18N2. The summed E-state index contributed by atoms with van der Waals surface area (Å²) in [5.74, 6) is 0. The van der Waals surface area contributed by atoms with E-state index in [4.69, 9.17) is 0 Å². The van der Waals surface area contributed by atoms with Crippen LogP contribution in [0.2, 0.25) is 0 Å². The van der Waals surface area contributed by atoms with Gasteiger partial charge in [-0.3, -0.25) is 4.68 Å². The number of aromatic nitrogens is 2. The van der Waals surface area contributed by atoms with Gasteiger partial charge in [-0.05, 0) is 24.8 Å². The summed E-state index contributed by atoms with van der Waals surface area (Å²) in [4.78, 5) is 0. The lowest BCUT2D eigenvalue weighted by Gasteiger charge is -2.08. The van der Waals surface area contributed by atoms with Crippen LogP contribution in [0.3, 0.4) is 0 Å². The average Bonchev–Trinajstić information content (AvgIpc) is 2.86. The minimum Gasteiger partial charge on any atom is -0.269 e. The Morgan fingerprint density at radius 1 is 1.57 bits per heavy atom. The normalized spacial score (nSPS) is 17.5. The maximum absolute atomic E-state index is 4.42. The molecule has 1 saturated carbocycles. The molecule has 0 aliphatic heterocycles. The maximum Gasteiger partial charge on any atom is 0.0564 e. The predicted octanol–water partition coefficient (Wildman–Crippen LogP) is 3.42. The Balaban J connectivity index is 2.12. The zero-order valence-corrected chi connectivity index (χ0v) is 8.87. The van der Waals surface area contributed by atoms with E-state index in [0.29, 0.717) is 6.04 Å². The van der Waals surface area contributed by atoms with Crippen LogP contribution in [-0.4, -0.2) is 9.78 Å². The van der Waals surface area contributed by atoms with Crippen LogP contribution in [0.25, 0.3) is 5.57 Å². The van der Waals surface area contributed by atoms with Crippen LogP contribution >= 0.6 is 0 Å². The van der Waals surface area contributed by atoms with E-state index in [1.807, 2.05) is 6.20 Å². The van der Waals surface area contributed by atoms with Crippen LogP contribution in [0.1, 0.15) is 50.6 Å². The molecule has 1 aliphatic rings. The number of nitrogens with zero attached hydrogens (tertiary/aromatic N) is 2. The molecule has 0 aromatic carbocycles. The lowest BCUT2D eigenvalue weighted by molar-refractivity contribution is 0.467. The Kier molecular flexibility index (Phi) is 2.71. The molecule has 1 fully saturated rings. The van der Waals surface area contributed by atoms with Crippen molar-refractivity contribution in [2.45, 2.75) is 45.1 Å². The fraction of sp³-hybridized carbons (Fsp3) is 0.583. The van der Waals surface area contributed by atoms with Gasteiger partial charge in [0.25, 0.3) is 0 Å². The van der Waals surface area contributed by atoms with E-state index >= 15 is 0 Å². The Bertz CT molecular complexity index is 319. The van der Waals surface area contributed by atoms with Gasteiger partial charge in [0.1, 0.15) is 0 Å². The maximum atomic E-state index is 4.42. The van der Waals surface area contributed by atoms with Crippen molar-refractivity contribution in [1.82, 2.24) is 9.78 Å². The summed E-state index contributed by atoms with van der Waals surface area (Å²) in [7, 11) is 0. The molecule has 0 atom stereocenters. The highest BCUT2D eigenvalue weighted by Crippen LogP contribution is 2.29. The van der Waals surface area contributed by atoms with Gasteiger partial charge in [-0.2, -0.15) is 5.10 Å². The molecule has 2 rings (SSSR count). The molecule has 0 spiro atoms. The third kappa shape index (κ3) is 1.74. The third-order valence-electron chi connectivity index (χ3n) is 3.14. The second-order valence-corrected chi connectivity index (χ2v) is 4.10. The molecule has 0 amide bonds. The van der Waals surface area contributed by atoms with E-state index in [1.165, 1.54) is 36.8 Å². The van der Waals surface area contributed by atoms with Crippen LogP contribution in [0.4, 0.5) is 0 Å². The van der Waals surface area contributed by atoms with Gasteiger partial charge in [0, 0.05) is 11.8 Å². The number of hydrogen-bond donors (Lipinski definition) is 0. The highest BCUT2D eigenvalue weighted by atomic mass is 15.3. The number of allylic oxidation sites excluding steroid dienone is 1. The van der Waals surface area contributed by atoms with Crippen LogP contribution in [0, 0.1) is 0 Å². The molecule has 0 saturated heterocycles. The molecule has 14 heavy (non-hydrogen) atoms. The molecule has 0 N–H and O–H groups in total. The SMILES string of the molecule is C=C(CC)c1cnn(C2CCCC2)c1. The molecule has 1 aromatic rings. The minimum atomic E-state index is 0.647. The fourth-order valence-corrected chi connectivity index (χ4v) is 2.09. The van der Waals surface area contributed by atoms with Crippen molar-refractivity contribution in [2.75, 3.05) is 0 Å². The standard InChI is InChI=1S/C12H18N2/c1-3-10(2)11-8-13-14(9-11)12-6-4-5-7-12/h8-9,12H,2-7H2,1H3. The Labute approximate surface area is 85.6 Å². The van der Waals surface area contributed by atoms with E-state index < -0.39 is 0 Å². The van der Waals surface area contributed by atoms with Gasteiger partial charge in [-0.1, -0.05) is 26.3 Å². The van der Waals surface area contributed by atoms with Gasteiger partial charge in [-0.25, -0.2) is 0 Å². The second kappa shape index (κ2) is 3.99. The zero-order valence-electron chi connectivity index (χ0n) is 8.87. The molecule has 1 aliphatic carbocycles. The van der Waals surface area contributed by atoms with E-state index in [1.54, 1.807) is 0 Å². The van der Waals surface area contributed by atoms with Gasteiger partial charge < -0.3 is 0 Å². The summed E-state index contributed by atoms with van der Waals surface area (Å²) in [6.07, 6.45) is 10.4. The molecule has 0 bridgehead atoms. The topological polar surface area (TPSA) is 17.8 Å². The fourth-order valence-electron chi connectivity index (χ4n) is 2.09. The van der Waals surface area contributed by atoms with Crippen molar-refractivity contribution in [3.8, 4) is 0 Å². The van der Waals surface area contributed by atoms with Crippen molar-refractivity contribution in [3.63, 3.8) is 0 Å². The summed E-state index contributed by atoms with van der Waals surface area (Å²) >= 11 is 0. The van der Waals surface area contributed by atoms with E-state index in [-0.39, 0.29) is 0 Å². The lowest BCUT2D eigenvalue weighted by atomic mass is 10.1. The lowest BCUT2D eigenvalue weighted by Crippen LogP contribution is -2.04. The summed E-state index contributed by atoms with van der Waals surface area (Å²) in [6, 6.07) is 0.647. The summed E-state index contributed by atoms with van der Waals surface area (Å²) < 4.78 is 2.13. The van der Waals surface area contributed by atoms with Crippen LogP contribution in [0.15, 0.2) is 19.0 Å². The highest BCUT2D eigenvalue weighted by molar-refractivity contribution is 5.61. The van der Waals surface area contributed by atoms with E-state index in [2.05, 4.69) is 29.5 Å². The zero-order chi connectivity index (χ0) is 9.97. The summed E-state index contributed by atoms with van der Waals surface area (Å²) in [5, 5.41) is 4.42. The van der Waals surface area contributed by atoms with Crippen molar-refractivity contribution in [1.29, 1.82) is 0 Å². The minimum absolute atomic E-state index is 0.647. The van der Waals surface area contributed by atoms with Crippen LogP contribution < -0.4 is 0 Å². The van der Waals surface area contributed by atoms with Gasteiger partial charge in [0.15, 0.2) is 0 Å². The first-order valence-corrected chi connectivity index (χ1v) is 5.53. The molecular weight excluding hydrogens is 172 g/mol. The average molecular weight is 190 g/mol. The van der Waals surface area contributed by atoms with Crippen molar-refractivity contribution < 1.29 is 0 Å². The van der Waals surface area contributed by atoms with Gasteiger partial charge in [0.2, 0.25) is 0 Å². The molecule has 0 unspecified atom stereocenters. The quantitative estimate of drug-likeness (QED) is 0.714. The van der Waals surface area contributed by atoms with Crippen LogP contribution in [-0.2, 0) is 0 Å². The second-order valence-electron chi connectivity index (χ2n) is 4.10. The third-order valence-corrected chi connectivity index (χ3v) is 3.14. The number of hydrogen-bond acceptors (Lipinski definition) is 1. The van der Waals surface area contributed by atoms with Crippen molar-refractivity contribution in [2.24, 2.45) is 0 Å². The van der Waals surface area contributed by atoms with E-state index in [9.17, 15) is 0 Å². The first-order valence-electron chi connectivity index (χ1n) is 5.53. The van der Waals surface area contributed by atoms with Gasteiger partial charge in [-0.15, -0.1) is 0 Å². The Morgan fingerprint density at radius 2 is 2.29 bits per heavy atom. The van der Waals surface area contributed by atoms with Crippen LogP contribution in [0.5, 0.6) is 0 Å². The molecule has 1 heterocycles. The Morgan fingerprint density at radius 3 is 2.93 bits per heavy atom. The smallest absolute Gasteiger partial charge is 0.0564 e. The molecule has 2 heteroatoms. The van der Waals surface area contributed by atoms with E-state index in [0.717, 1.165) is 6.42 Å². The summed E-state index contributed by atoms with van der Waals surface area (Å²) in [6.45, 7) is 6.16.